The topological polar surface area (TPSA) is 85.3 Å². The fourth-order valence-electron chi connectivity index (χ4n) is 4.44. The summed E-state index contributed by atoms with van der Waals surface area (Å²) in [6.45, 7) is 3.19. The first kappa shape index (κ1) is 23.8. The van der Waals surface area contributed by atoms with E-state index in [2.05, 4.69) is 80.2 Å². The first-order chi connectivity index (χ1) is 16.5. The molecular formula is C23H28N6O2S3. The van der Waals surface area contributed by atoms with E-state index < -0.39 is 3.41 Å². The highest BCUT2D eigenvalue weighted by atomic mass is 32.2. The maximum Gasteiger partial charge on any atom is 0.166 e. The summed E-state index contributed by atoms with van der Waals surface area (Å²) in [7, 11) is 0. The Morgan fingerprint density at radius 1 is 0.971 bits per heavy atom. The average Bonchev–Trinajstić information content (AvgIpc) is 2.85. The summed E-state index contributed by atoms with van der Waals surface area (Å²) in [6.07, 6.45) is 9.10. The molecule has 5 rings (SSSR count). The lowest BCUT2D eigenvalue weighted by Crippen LogP contribution is -2.36. The number of nitrogens with one attached hydrogen (secondary N) is 1. The highest BCUT2D eigenvalue weighted by Crippen LogP contribution is 2.35. The molecule has 1 N–H and O–H groups in total. The molecular weight excluding hydrogens is 488 g/mol. The number of anilines is 2. The molecule has 1 aliphatic carbocycles. The van der Waals surface area contributed by atoms with E-state index >= 15 is 0 Å². The number of fused-ring (bicyclic) bond motifs is 1. The maximum absolute atomic E-state index is 6.52. The minimum Gasteiger partial charge on any atom is -0.488 e. The number of aromatic nitrogens is 4. The fourth-order valence-corrected chi connectivity index (χ4v) is 4.76. The van der Waals surface area contributed by atoms with E-state index in [1.807, 2.05) is 6.07 Å². The Morgan fingerprint density at radius 3 is 2.50 bits per heavy atom. The van der Waals surface area contributed by atoms with Gasteiger partial charge in [-0.2, -0.15) is 0 Å². The van der Waals surface area contributed by atoms with Gasteiger partial charge in [0.15, 0.2) is 9.24 Å². The van der Waals surface area contributed by atoms with Crippen molar-refractivity contribution in [2.45, 2.75) is 41.2 Å². The van der Waals surface area contributed by atoms with Crippen molar-refractivity contribution in [2.24, 2.45) is 0 Å². The summed E-state index contributed by atoms with van der Waals surface area (Å²) in [4.78, 5) is 20.1. The van der Waals surface area contributed by atoms with Crippen LogP contribution in [0.5, 0.6) is 5.75 Å². The van der Waals surface area contributed by atoms with Crippen LogP contribution in [-0.4, -0.2) is 58.4 Å². The molecule has 11 heteroatoms. The van der Waals surface area contributed by atoms with Gasteiger partial charge >= 0.3 is 0 Å². The minimum absolute atomic E-state index is 0.129. The second kappa shape index (κ2) is 10.3. The molecule has 34 heavy (non-hydrogen) atoms. The number of hydrogen-bond donors (Lipinski definition) is 4. The Hall–Kier alpha value is -1.95. The van der Waals surface area contributed by atoms with Gasteiger partial charge in [0.25, 0.3) is 0 Å². The zero-order valence-corrected chi connectivity index (χ0v) is 21.4. The SMILES string of the molecule is SC(S)(S)c1nccc(N[C@H]2CC[C@@H](Oc3cc(N4CCOCC4)cc4nccnc34)CC2)n1. The summed E-state index contributed by atoms with van der Waals surface area (Å²) < 4.78 is 11.0. The Morgan fingerprint density at radius 2 is 1.74 bits per heavy atom. The Labute approximate surface area is 215 Å². The van der Waals surface area contributed by atoms with Gasteiger partial charge in [0.05, 0.1) is 24.8 Å². The highest BCUT2D eigenvalue weighted by molar-refractivity contribution is 8.15. The third-order valence-electron chi connectivity index (χ3n) is 6.18. The van der Waals surface area contributed by atoms with Crippen LogP contribution in [0.1, 0.15) is 31.5 Å². The average molecular weight is 517 g/mol. The quantitative estimate of drug-likeness (QED) is 0.290. The van der Waals surface area contributed by atoms with E-state index in [4.69, 9.17) is 9.47 Å². The van der Waals surface area contributed by atoms with Crippen LogP contribution >= 0.6 is 37.9 Å². The third kappa shape index (κ3) is 5.64. The zero-order chi connectivity index (χ0) is 23.5. The van der Waals surface area contributed by atoms with Gasteiger partial charge in [-0.25, -0.2) is 15.0 Å². The Kier molecular flexibility index (Phi) is 7.24. The molecule has 0 amide bonds. The lowest BCUT2D eigenvalue weighted by atomic mass is 9.93. The first-order valence-electron chi connectivity index (χ1n) is 11.5. The number of morpholine rings is 1. The van der Waals surface area contributed by atoms with E-state index in [-0.39, 0.29) is 6.10 Å². The molecule has 0 unspecified atom stereocenters. The molecule has 3 aromatic rings. The van der Waals surface area contributed by atoms with Gasteiger partial charge in [0.2, 0.25) is 0 Å². The smallest absolute Gasteiger partial charge is 0.166 e. The molecule has 180 valence electrons. The first-order valence-corrected chi connectivity index (χ1v) is 12.8. The van der Waals surface area contributed by atoms with Gasteiger partial charge in [0, 0.05) is 49.5 Å². The lowest BCUT2D eigenvalue weighted by Gasteiger charge is -2.31. The van der Waals surface area contributed by atoms with E-state index in [1.54, 1.807) is 18.6 Å². The number of ether oxygens (including phenoxy) is 2. The molecule has 0 radical (unpaired) electrons. The van der Waals surface area contributed by atoms with Gasteiger partial charge < -0.3 is 19.7 Å². The van der Waals surface area contributed by atoms with Gasteiger partial charge in [-0.1, -0.05) is 0 Å². The second-order valence-electron chi connectivity index (χ2n) is 8.60. The molecule has 2 fully saturated rings. The molecule has 2 aromatic heterocycles. The van der Waals surface area contributed by atoms with Crippen molar-refractivity contribution in [1.29, 1.82) is 0 Å². The summed E-state index contributed by atoms with van der Waals surface area (Å²) in [5.74, 6) is 2.02. The minimum atomic E-state index is -0.982. The molecule has 8 nitrogen and oxygen atoms in total. The summed E-state index contributed by atoms with van der Waals surface area (Å²) in [5, 5.41) is 3.51. The zero-order valence-electron chi connectivity index (χ0n) is 18.7. The van der Waals surface area contributed by atoms with Gasteiger partial charge in [-0.3, -0.25) is 4.98 Å². The molecule has 2 aliphatic rings. The molecule has 0 bridgehead atoms. The molecule has 1 saturated heterocycles. The number of rotatable bonds is 6. The van der Waals surface area contributed by atoms with Crippen LogP contribution in [-0.2, 0) is 8.15 Å². The summed E-state index contributed by atoms with van der Waals surface area (Å²) in [6, 6.07) is 6.36. The molecule has 3 heterocycles. The second-order valence-corrected chi connectivity index (χ2v) is 11.7. The van der Waals surface area contributed by atoms with Crippen molar-refractivity contribution in [2.75, 3.05) is 36.5 Å². The normalized spacial score (nSPS) is 21.4. The van der Waals surface area contributed by atoms with Crippen LogP contribution in [0.2, 0.25) is 0 Å². The van der Waals surface area contributed by atoms with Crippen molar-refractivity contribution in [1.82, 2.24) is 19.9 Å². The van der Waals surface area contributed by atoms with Crippen molar-refractivity contribution < 1.29 is 9.47 Å². The van der Waals surface area contributed by atoms with Gasteiger partial charge in [-0.15, -0.1) is 37.9 Å². The van der Waals surface area contributed by atoms with Crippen LogP contribution in [0.4, 0.5) is 11.5 Å². The number of hydrogen-bond acceptors (Lipinski definition) is 11. The van der Waals surface area contributed by atoms with Crippen molar-refractivity contribution in [3.63, 3.8) is 0 Å². The molecule has 1 saturated carbocycles. The summed E-state index contributed by atoms with van der Waals surface area (Å²) in [5.41, 5.74) is 2.77. The monoisotopic (exact) mass is 516 g/mol. The van der Waals surface area contributed by atoms with Crippen LogP contribution in [0.3, 0.4) is 0 Å². The largest absolute Gasteiger partial charge is 0.488 e. The number of benzene rings is 1. The number of thiol groups is 3. The Balaban J connectivity index is 1.25. The molecule has 0 atom stereocenters. The lowest BCUT2D eigenvalue weighted by molar-refractivity contribution is 0.122. The van der Waals surface area contributed by atoms with Crippen molar-refractivity contribution >= 4 is 60.4 Å². The summed E-state index contributed by atoms with van der Waals surface area (Å²) >= 11 is 13.0. The van der Waals surface area contributed by atoms with E-state index in [0.717, 1.165) is 80.3 Å². The van der Waals surface area contributed by atoms with Crippen LogP contribution in [0, 0.1) is 0 Å². The van der Waals surface area contributed by atoms with Crippen molar-refractivity contribution in [3.05, 3.63) is 42.6 Å². The van der Waals surface area contributed by atoms with Crippen LogP contribution in [0.25, 0.3) is 11.0 Å². The predicted molar refractivity (Wildman–Crippen MR) is 144 cm³/mol. The maximum atomic E-state index is 6.52. The van der Waals surface area contributed by atoms with E-state index in [0.29, 0.717) is 11.9 Å². The molecule has 0 spiro atoms. The van der Waals surface area contributed by atoms with Crippen molar-refractivity contribution in [3.8, 4) is 5.75 Å². The number of nitrogens with zero attached hydrogens (tertiary/aromatic N) is 5. The van der Waals surface area contributed by atoms with Gasteiger partial charge in [-0.05, 0) is 37.8 Å². The molecule has 1 aliphatic heterocycles. The van der Waals surface area contributed by atoms with Crippen LogP contribution < -0.4 is 15.0 Å². The predicted octanol–water partition coefficient (Wildman–Crippen LogP) is 3.96. The standard InChI is InChI=1S/C23H28N6O2S3/c32-23(33,34)22-26-6-5-20(28-22)27-15-1-3-17(4-2-15)31-19-14-16(29-9-11-30-12-10-29)13-18-21(19)25-8-7-24-18/h5-8,13-15,17,32-34H,1-4,9-12H2,(H,26,27,28)/t15-,17+. The Bertz CT molecular complexity index is 1130. The fraction of sp³-hybridized carbons (Fsp3) is 0.478. The van der Waals surface area contributed by atoms with Crippen LogP contribution in [0.15, 0.2) is 36.8 Å². The van der Waals surface area contributed by atoms with E-state index in [9.17, 15) is 0 Å². The molecule has 1 aromatic carbocycles. The third-order valence-corrected chi connectivity index (χ3v) is 6.78. The highest BCUT2D eigenvalue weighted by Gasteiger charge is 2.26. The van der Waals surface area contributed by atoms with E-state index in [1.165, 1.54) is 0 Å². The van der Waals surface area contributed by atoms with Gasteiger partial charge in [0.1, 0.15) is 17.1 Å².